The lowest BCUT2D eigenvalue weighted by Crippen LogP contribution is -2.45. The summed E-state index contributed by atoms with van der Waals surface area (Å²) in [5.41, 5.74) is 2.59. The minimum atomic E-state index is -0.250. The maximum absolute atomic E-state index is 8.36. The summed E-state index contributed by atoms with van der Waals surface area (Å²) in [7, 11) is 0. The van der Waals surface area contributed by atoms with Gasteiger partial charge in [0.2, 0.25) is 0 Å². The highest BCUT2D eigenvalue weighted by molar-refractivity contribution is 6.64. The highest BCUT2D eigenvalue weighted by Crippen LogP contribution is 2.26. The maximum atomic E-state index is 8.36. The molecule has 0 aromatic rings. The Morgan fingerprint density at radius 1 is 1.43 bits per heavy atom. The Kier molecular flexibility index (Phi) is 12.2. The summed E-state index contributed by atoms with van der Waals surface area (Å²) < 4.78 is 0. The summed E-state index contributed by atoms with van der Waals surface area (Å²) in [6.07, 6.45) is 2.86. The van der Waals surface area contributed by atoms with E-state index in [0.717, 1.165) is 25.1 Å². The second-order valence-corrected chi connectivity index (χ2v) is 5.88. The Bertz CT molecular complexity index is 378. The van der Waals surface area contributed by atoms with Gasteiger partial charge in [0.05, 0.1) is 0 Å². The zero-order valence-electron chi connectivity index (χ0n) is 14.1. The quantitative estimate of drug-likeness (QED) is 0.579. The van der Waals surface area contributed by atoms with Gasteiger partial charge in [-0.1, -0.05) is 32.0 Å². The molecule has 0 unspecified atom stereocenters. The fraction of sp³-hybridized carbons (Fsp3) is 0.625. The lowest BCUT2D eigenvalue weighted by atomic mass is 9.95. The van der Waals surface area contributed by atoms with E-state index in [1.165, 1.54) is 5.57 Å². The number of halogens is 1. The smallest absolute Gasteiger partial charge is 0.290 e. The van der Waals surface area contributed by atoms with E-state index in [4.69, 9.17) is 21.5 Å². The molecule has 0 saturated carbocycles. The number of piperidine rings is 1. The topological polar surface area (TPSA) is 52.9 Å². The molecule has 0 aromatic carbocycles. The van der Waals surface area contributed by atoms with E-state index in [9.17, 15) is 0 Å². The van der Waals surface area contributed by atoms with Gasteiger partial charge in [-0.05, 0) is 45.3 Å². The van der Waals surface area contributed by atoms with Crippen LogP contribution in [0.2, 0.25) is 0 Å². The van der Waals surface area contributed by atoms with Crippen molar-refractivity contribution < 1.29 is 9.90 Å². The number of likely N-dealkylation sites (tertiary alicyclic amines) is 1. The molecule has 0 radical (unpaired) electrons. The third-order valence-corrected chi connectivity index (χ3v) is 2.93. The van der Waals surface area contributed by atoms with Crippen molar-refractivity contribution in [1.29, 1.82) is 0 Å². The average Bonchev–Trinajstić information content (AvgIpc) is 2.39. The van der Waals surface area contributed by atoms with E-state index >= 15 is 0 Å². The summed E-state index contributed by atoms with van der Waals surface area (Å²) >= 11 is 5.71. The third kappa shape index (κ3) is 10.3. The molecule has 1 saturated heterocycles. The second kappa shape index (κ2) is 11.5. The highest BCUT2D eigenvalue weighted by atomic mass is 35.5. The largest absolute Gasteiger partial charge is 0.483 e. The van der Waals surface area contributed by atoms with Crippen LogP contribution in [0.3, 0.4) is 0 Å². The van der Waals surface area contributed by atoms with Crippen molar-refractivity contribution in [2.24, 2.45) is 4.99 Å². The molecule has 1 aliphatic rings. The normalized spacial score (nSPS) is 18.3. The van der Waals surface area contributed by atoms with Gasteiger partial charge < -0.3 is 5.11 Å². The minimum Gasteiger partial charge on any atom is -0.483 e. The van der Waals surface area contributed by atoms with Crippen molar-refractivity contribution in [2.75, 3.05) is 13.1 Å². The van der Waals surface area contributed by atoms with Crippen molar-refractivity contribution in [3.63, 3.8) is 0 Å². The van der Waals surface area contributed by atoms with Gasteiger partial charge in [0.25, 0.3) is 6.47 Å². The standard InChI is InChI=1S/C13H21ClN2.C2H6.CH2O2/c1-10-9-16(13(3,4)5)7-6-12(10)8-15-11(2)14;1-2;2-1-3/h8H,1,6-7,9H2,2-5H3;1-2H3;1H,(H,2,3)/b12-8-,15-11?;;. The minimum absolute atomic E-state index is 0.208. The summed E-state index contributed by atoms with van der Waals surface area (Å²) in [5, 5.41) is 7.46. The van der Waals surface area contributed by atoms with Crippen LogP contribution in [0.1, 0.15) is 48.0 Å². The Hall–Kier alpha value is -1.13. The first-order chi connectivity index (χ1) is 9.72. The number of hydrogen-bond donors (Lipinski definition) is 1. The van der Waals surface area contributed by atoms with Gasteiger partial charge in [-0.25, -0.2) is 4.99 Å². The van der Waals surface area contributed by atoms with E-state index in [1.54, 1.807) is 6.92 Å². The Labute approximate surface area is 134 Å². The van der Waals surface area contributed by atoms with Crippen molar-refractivity contribution in [3.05, 3.63) is 23.9 Å². The lowest BCUT2D eigenvalue weighted by Gasteiger charge is -2.39. The molecule has 0 aromatic heterocycles. The van der Waals surface area contributed by atoms with Gasteiger partial charge in [0.1, 0.15) is 5.17 Å². The molecule has 0 bridgehead atoms. The molecular formula is C16H29ClN2O2. The summed E-state index contributed by atoms with van der Waals surface area (Å²) in [6, 6.07) is 0. The molecule has 1 rings (SSSR count). The van der Waals surface area contributed by atoms with Crippen LogP contribution in [0.4, 0.5) is 0 Å². The van der Waals surface area contributed by atoms with Crippen molar-refractivity contribution in [1.82, 2.24) is 4.90 Å². The molecule has 1 aliphatic heterocycles. The van der Waals surface area contributed by atoms with Gasteiger partial charge in [0, 0.05) is 24.8 Å². The fourth-order valence-corrected chi connectivity index (χ4v) is 1.79. The van der Waals surface area contributed by atoms with Gasteiger partial charge in [0.15, 0.2) is 0 Å². The van der Waals surface area contributed by atoms with Crippen LogP contribution in [0.5, 0.6) is 0 Å². The molecule has 0 atom stereocenters. The SMILES string of the molecule is C=C1CN(C(C)(C)C)CC/C1=C/N=C(C)Cl.CC.O=CO. The van der Waals surface area contributed by atoms with Gasteiger partial charge in [-0.3, -0.25) is 9.69 Å². The van der Waals surface area contributed by atoms with Crippen LogP contribution >= 0.6 is 11.6 Å². The van der Waals surface area contributed by atoms with Crippen LogP contribution in [0.15, 0.2) is 28.9 Å². The molecule has 1 N–H and O–H groups in total. The zero-order chi connectivity index (χ0) is 17.1. The first-order valence-corrected chi connectivity index (χ1v) is 7.50. The van der Waals surface area contributed by atoms with Crippen molar-refractivity contribution in [2.45, 2.75) is 53.5 Å². The zero-order valence-corrected chi connectivity index (χ0v) is 14.9. The molecule has 0 aliphatic carbocycles. The predicted molar refractivity (Wildman–Crippen MR) is 92.2 cm³/mol. The van der Waals surface area contributed by atoms with Gasteiger partial charge in [-0.15, -0.1) is 0 Å². The maximum Gasteiger partial charge on any atom is 0.290 e. The number of nitrogens with zero attached hydrogens (tertiary/aromatic N) is 2. The summed E-state index contributed by atoms with van der Waals surface area (Å²) in [6.45, 7) is 18.3. The average molecular weight is 317 g/mol. The van der Waals surface area contributed by atoms with E-state index in [2.05, 4.69) is 37.2 Å². The van der Waals surface area contributed by atoms with Crippen molar-refractivity contribution >= 4 is 23.2 Å². The monoisotopic (exact) mass is 316 g/mol. The first kappa shape index (κ1) is 22.2. The predicted octanol–water partition coefficient (Wildman–Crippen LogP) is 4.31. The molecule has 21 heavy (non-hydrogen) atoms. The van der Waals surface area contributed by atoms with Gasteiger partial charge in [-0.2, -0.15) is 0 Å². The van der Waals surface area contributed by atoms with Crippen molar-refractivity contribution in [3.8, 4) is 0 Å². The third-order valence-electron chi connectivity index (χ3n) is 2.83. The summed E-state index contributed by atoms with van der Waals surface area (Å²) in [4.78, 5) is 14.9. The van der Waals surface area contributed by atoms with E-state index in [1.807, 2.05) is 20.0 Å². The second-order valence-electron chi connectivity index (χ2n) is 5.33. The number of rotatable bonds is 1. The Balaban J connectivity index is 0. The van der Waals surface area contributed by atoms with E-state index < -0.39 is 0 Å². The fourth-order valence-electron chi connectivity index (χ4n) is 1.74. The summed E-state index contributed by atoms with van der Waals surface area (Å²) in [5.74, 6) is 0. The molecule has 1 heterocycles. The molecule has 0 spiro atoms. The van der Waals surface area contributed by atoms with E-state index in [-0.39, 0.29) is 12.0 Å². The van der Waals surface area contributed by atoms with Crippen LogP contribution in [0.25, 0.3) is 0 Å². The van der Waals surface area contributed by atoms with Crippen LogP contribution in [0, 0.1) is 0 Å². The molecule has 1 fully saturated rings. The lowest BCUT2D eigenvalue weighted by molar-refractivity contribution is -0.122. The van der Waals surface area contributed by atoms with Crippen LogP contribution in [-0.4, -0.2) is 40.3 Å². The molecule has 5 heteroatoms. The highest BCUT2D eigenvalue weighted by Gasteiger charge is 2.26. The molecular weight excluding hydrogens is 288 g/mol. The number of carboxylic acid groups (broad SMARTS) is 1. The van der Waals surface area contributed by atoms with Crippen LogP contribution in [-0.2, 0) is 4.79 Å². The molecule has 122 valence electrons. The Morgan fingerprint density at radius 2 is 1.90 bits per heavy atom. The van der Waals surface area contributed by atoms with Gasteiger partial charge >= 0.3 is 0 Å². The van der Waals surface area contributed by atoms with E-state index in [0.29, 0.717) is 5.17 Å². The first-order valence-electron chi connectivity index (χ1n) is 7.12. The number of aliphatic imine (C=N–C) groups is 1. The molecule has 4 nitrogen and oxygen atoms in total. The number of hydrogen-bond acceptors (Lipinski definition) is 3. The van der Waals surface area contributed by atoms with Crippen LogP contribution < -0.4 is 0 Å². The molecule has 0 amide bonds. The Morgan fingerprint density at radius 3 is 2.24 bits per heavy atom. The number of carbonyl (C=O) groups is 1.